The average molecular weight is 238 g/mol. The van der Waals surface area contributed by atoms with E-state index in [0.29, 0.717) is 17.8 Å². The van der Waals surface area contributed by atoms with Gasteiger partial charge in [-0.1, -0.05) is 27.7 Å². The van der Waals surface area contributed by atoms with Crippen molar-refractivity contribution in [3.8, 4) is 0 Å². The van der Waals surface area contributed by atoms with Crippen molar-refractivity contribution >= 4 is 0 Å². The molecule has 0 aromatic carbocycles. The standard InChI is InChI=1S/C13H26N4/c1-9(2)7-17-13(15-8-16-17)6-12(10(3)4)11(5)14/h8-12H,6-7,14H2,1-5H3. The van der Waals surface area contributed by atoms with Crippen LogP contribution in [0.15, 0.2) is 6.33 Å². The van der Waals surface area contributed by atoms with E-state index in [0.717, 1.165) is 18.8 Å². The Bertz CT molecular complexity index is 320. The summed E-state index contributed by atoms with van der Waals surface area (Å²) in [4.78, 5) is 4.37. The molecule has 0 bridgehead atoms. The Balaban J connectivity index is 2.76. The first-order valence-electron chi connectivity index (χ1n) is 6.54. The van der Waals surface area contributed by atoms with Crippen molar-refractivity contribution in [2.75, 3.05) is 0 Å². The Kier molecular flexibility index (Phi) is 5.12. The molecule has 98 valence electrons. The van der Waals surface area contributed by atoms with E-state index in [1.807, 2.05) is 4.68 Å². The molecule has 0 saturated carbocycles. The van der Waals surface area contributed by atoms with Crippen LogP contribution in [0.4, 0.5) is 0 Å². The molecule has 0 aliphatic heterocycles. The van der Waals surface area contributed by atoms with Crippen LogP contribution in [-0.4, -0.2) is 20.8 Å². The van der Waals surface area contributed by atoms with Crippen molar-refractivity contribution < 1.29 is 0 Å². The Morgan fingerprint density at radius 2 is 1.88 bits per heavy atom. The highest BCUT2D eigenvalue weighted by Crippen LogP contribution is 2.19. The Morgan fingerprint density at radius 3 is 2.35 bits per heavy atom. The van der Waals surface area contributed by atoms with Crippen molar-refractivity contribution in [2.24, 2.45) is 23.5 Å². The summed E-state index contributed by atoms with van der Waals surface area (Å²) in [5, 5.41) is 4.29. The third-order valence-electron chi connectivity index (χ3n) is 3.18. The molecule has 0 amide bonds. The Morgan fingerprint density at radius 1 is 1.24 bits per heavy atom. The number of rotatable bonds is 6. The lowest BCUT2D eigenvalue weighted by Crippen LogP contribution is -2.33. The fourth-order valence-corrected chi connectivity index (χ4v) is 2.18. The summed E-state index contributed by atoms with van der Waals surface area (Å²) >= 11 is 0. The van der Waals surface area contributed by atoms with E-state index in [9.17, 15) is 0 Å². The highest BCUT2D eigenvalue weighted by Gasteiger charge is 2.21. The lowest BCUT2D eigenvalue weighted by Gasteiger charge is -2.24. The second kappa shape index (κ2) is 6.15. The number of nitrogens with zero attached hydrogens (tertiary/aromatic N) is 3. The lowest BCUT2D eigenvalue weighted by molar-refractivity contribution is 0.316. The summed E-state index contributed by atoms with van der Waals surface area (Å²) in [6, 6.07) is 0.194. The van der Waals surface area contributed by atoms with Gasteiger partial charge in [-0.3, -0.25) is 0 Å². The highest BCUT2D eigenvalue weighted by molar-refractivity contribution is 4.90. The van der Waals surface area contributed by atoms with Gasteiger partial charge in [0.05, 0.1) is 0 Å². The van der Waals surface area contributed by atoms with Crippen molar-refractivity contribution in [2.45, 2.75) is 53.6 Å². The molecule has 0 aliphatic rings. The van der Waals surface area contributed by atoms with Crippen LogP contribution in [-0.2, 0) is 13.0 Å². The minimum Gasteiger partial charge on any atom is -0.328 e. The predicted molar refractivity (Wildman–Crippen MR) is 70.5 cm³/mol. The van der Waals surface area contributed by atoms with Crippen LogP contribution in [0.25, 0.3) is 0 Å². The molecule has 2 atom stereocenters. The lowest BCUT2D eigenvalue weighted by atomic mass is 9.86. The van der Waals surface area contributed by atoms with E-state index in [1.165, 1.54) is 0 Å². The molecular weight excluding hydrogens is 212 g/mol. The van der Waals surface area contributed by atoms with Gasteiger partial charge in [0.25, 0.3) is 0 Å². The third-order valence-corrected chi connectivity index (χ3v) is 3.18. The van der Waals surface area contributed by atoms with Crippen LogP contribution < -0.4 is 5.73 Å². The van der Waals surface area contributed by atoms with Gasteiger partial charge in [-0.2, -0.15) is 5.10 Å². The minimum absolute atomic E-state index is 0.194. The van der Waals surface area contributed by atoms with Crippen LogP contribution in [0, 0.1) is 17.8 Å². The van der Waals surface area contributed by atoms with Gasteiger partial charge in [-0.25, -0.2) is 9.67 Å². The van der Waals surface area contributed by atoms with Crippen molar-refractivity contribution in [1.82, 2.24) is 14.8 Å². The van der Waals surface area contributed by atoms with E-state index in [2.05, 4.69) is 44.7 Å². The predicted octanol–water partition coefficient (Wildman–Crippen LogP) is 2.10. The zero-order valence-corrected chi connectivity index (χ0v) is 11.7. The summed E-state index contributed by atoms with van der Waals surface area (Å²) in [5.74, 6) is 2.68. The third kappa shape index (κ3) is 4.11. The van der Waals surface area contributed by atoms with Gasteiger partial charge in [0.2, 0.25) is 0 Å². The molecule has 0 radical (unpaired) electrons. The molecule has 0 saturated heterocycles. The zero-order chi connectivity index (χ0) is 13.0. The smallest absolute Gasteiger partial charge is 0.138 e. The molecule has 1 heterocycles. The second-order valence-electron chi connectivity index (χ2n) is 5.72. The maximum atomic E-state index is 6.05. The molecular formula is C13H26N4. The van der Waals surface area contributed by atoms with Crippen LogP contribution in [0.3, 0.4) is 0 Å². The highest BCUT2D eigenvalue weighted by atomic mass is 15.3. The van der Waals surface area contributed by atoms with Gasteiger partial charge in [-0.15, -0.1) is 0 Å². The molecule has 0 aliphatic carbocycles. The molecule has 4 nitrogen and oxygen atoms in total. The zero-order valence-electron chi connectivity index (χ0n) is 11.7. The Hall–Kier alpha value is -0.900. The molecule has 0 fully saturated rings. The summed E-state index contributed by atoms with van der Waals surface area (Å²) in [5.41, 5.74) is 6.05. The van der Waals surface area contributed by atoms with Crippen molar-refractivity contribution in [3.63, 3.8) is 0 Å². The fourth-order valence-electron chi connectivity index (χ4n) is 2.18. The average Bonchev–Trinajstić information content (AvgIpc) is 2.59. The topological polar surface area (TPSA) is 56.7 Å². The first-order chi connectivity index (χ1) is 7.91. The van der Waals surface area contributed by atoms with Gasteiger partial charge >= 0.3 is 0 Å². The molecule has 17 heavy (non-hydrogen) atoms. The summed E-state index contributed by atoms with van der Waals surface area (Å²) < 4.78 is 2.02. The number of aromatic nitrogens is 3. The van der Waals surface area contributed by atoms with E-state index in [-0.39, 0.29) is 6.04 Å². The molecule has 4 heteroatoms. The minimum atomic E-state index is 0.194. The van der Waals surface area contributed by atoms with Gasteiger partial charge in [0.15, 0.2) is 0 Å². The molecule has 2 N–H and O–H groups in total. The van der Waals surface area contributed by atoms with E-state index in [1.54, 1.807) is 6.33 Å². The SMILES string of the molecule is CC(C)Cn1ncnc1CC(C(C)C)C(C)N. The largest absolute Gasteiger partial charge is 0.328 e. The fraction of sp³-hybridized carbons (Fsp3) is 0.846. The van der Waals surface area contributed by atoms with Crippen molar-refractivity contribution in [1.29, 1.82) is 0 Å². The van der Waals surface area contributed by atoms with Crippen molar-refractivity contribution in [3.05, 3.63) is 12.2 Å². The summed E-state index contributed by atoms with van der Waals surface area (Å²) in [6.07, 6.45) is 2.57. The van der Waals surface area contributed by atoms with Crippen LogP contribution in [0.2, 0.25) is 0 Å². The normalized spacial score (nSPS) is 15.5. The van der Waals surface area contributed by atoms with E-state index in [4.69, 9.17) is 5.73 Å². The Labute approximate surface area is 105 Å². The van der Waals surface area contributed by atoms with Gasteiger partial charge in [-0.05, 0) is 24.7 Å². The first-order valence-corrected chi connectivity index (χ1v) is 6.54. The molecule has 0 spiro atoms. The van der Waals surface area contributed by atoms with E-state index >= 15 is 0 Å². The quantitative estimate of drug-likeness (QED) is 0.825. The van der Waals surface area contributed by atoms with Gasteiger partial charge in [0.1, 0.15) is 12.2 Å². The van der Waals surface area contributed by atoms with E-state index < -0.39 is 0 Å². The van der Waals surface area contributed by atoms with Crippen LogP contribution in [0.5, 0.6) is 0 Å². The van der Waals surface area contributed by atoms with Crippen LogP contribution >= 0.6 is 0 Å². The summed E-state index contributed by atoms with van der Waals surface area (Å²) in [7, 11) is 0. The number of hydrogen-bond donors (Lipinski definition) is 1. The summed E-state index contributed by atoms with van der Waals surface area (Å²) in [6.45, 7) is 11.8. The van der Waals surface area contributed by atoms with Gasteiger partial charge in [0, 0.05) is 19.0 Å². The monoisotopic (exact) mass is 238 g/mol. The molecule has 1 aromatic heterocycles. The van der Waals surface area contributed by atoms with Crippen LogP contribution in [0.1, 0.15) is 40.4 Å². The number of nitrogens with two attached hydrogens (primary N) is 1. The first kappa shape index (κ1) is 14.2. The molecule has 2 unspecified atom stereocenters. The maximum absolute atomic E-state index is 6.05. The molecule has 1 rings (SSSR count). The van der Waals surface area contributed by atoms with Gasteiger partial charge < -0.3 is 5.73 Å². The number of hydrogen-bond acceptors (Lipinski definition) is 3. The second-order valence-corrected chi connectivity index (χ2v) is 5.72. The molecule has 1 aromatic rings. The maximum Gasteiger partial charge on any atom is 0.138 e.